The van der Waals surface area contributed by atoms with Gasteiger partial charge >= 0.3 is 159 Å². The number of aliphatic hydroxyl groups excluding tert-OH is 1. The van der Waals surface area contributed by atoms with Crippen LogP contribution in [-0.4, -0.2) is 58.4 Å². The van der Waals surface area contributed by atoms with Crippen LogP contribution in [0.1, 0.15) is 11.9 Å². The van der Waals surface area contributed by atoms with Gasteiger partial charge in [-0.1, -0.05) is 0 Å². The van der Waals surface area contributed by atoms with Crippen molar-refractivity contribution in [1.29, 1.82) is 0 Å². The zero-order valence-corrected chi connectivity index (χ0v) is 16.1. The fraction of sp³-hybridized carbons (Fsp3) is 0.400. The van der Waals surface area contributed by atoms with E-state index in [1.807, 2.05) is 48.5 Å². The zero-order valence-electron chi connectivity index (χ0n) is 14.4. The summed E-state index contributed by atoms with van der Waals surface area (Å²) in [5, 5.41) is 10.8. The van der Waals surface area contributed by atoms with E-state index in [1.165, 1.54) is 4.46 Å². The van der Waals surface area contributed by atoms with E-state index in [0.717, 1.165) is 5.56 Å². The van der Waals surface area contributed by atoms with Gasteiger partial charge in [-0.05, 0) is 0 Å². The SMILES string of the molecule is CO[C@@H]1O[C@@H]2CO[C@@H](c3ccccc3)O[C@H]2[C@@H]([Se]c2ccccc2)[C@H]1O. The van der Waals surface area contributed by atoms with Crippen LogP contribution in [0.4, 0.5) is 0 Å². The molecule has 5 nitrogen and oxygen atoms in total. The molecule has 0 amide bonds. The summed E-state index contributed by atoms with van der Waals surface area (Å²) in [6, 6.07) is 20.1. The van der Waals surface area contributed by atoms with Gasteiger partial charge in [-0.3, -0.25) is 0 Å². The number of ether oxygens (including phenoxy) is 4. The molecule has 2 heterocycles. The molecule has 4 rings (SSSR count). The molecule has 6 atom stereocenters. The number of fused-ring (bicyclic) bond motifs is 1. The molecular weight excluding hydrogens is 399 g/mol. The minimum absolute atomic E-state index is 0.0166. The van der Waals surface area contributed by atoms with Gasteiger partial charge in [0.2, 0.25) is 0 Å². The van der Waals surface area contributed by atoms with Crippen molar-refractivity contribution in [1.82, 2.24) is 0 Å². The van der Waals surface area contributed by atoms with Crippen LogP contribution in [0.25, 0.3) is 0 Å². The second kappa shape index (κ2) is 8.19. The molecule has 2 aromatic carbocycles. The first-order chi connectivity index (χ1) is 12.8. The second-order valence-electron chi connectivity index (χ2n) is 6.34. The van der Waals surface area contributed by atoms with Crippen molar-refractivity contribution in [2.24, 2.45) is 0 Å². The Kier molecular flexibility index (Phi) is 5.72. The fourth-order valence-electron chi connectivity index (χ4n) is 3.33. The third-order valence-electron chi connectivity index (χ3n) is 4.63. The van der Waals surface area contributed by atoms with E-state index in [0.29, 0.717) is 6.61 Å². The van der Waals surface area contributed by atoms with Crippen molar-refractivity contribution < 1.29 is 24.1 Å². The van der Waals surface area contributed by atoms with Crippen LogP contribution in [-0.2, 0) is 18.9 Å². The van der Waals surface area contributed by atoms with Gasteiger partial charge in [-0.15, -0.1) is 0 Å². The molecule has 138 valence electrons. The molecule has 0 saturated carbocycles. The number of hydrogen-bond acceptors (Lipinski definition) is 5. The Morgan fingerprint density at radius 3 is 2.38 bits per heavy atom. The predicted octanol–water partition coefficient (Wildman–Crippen LogP) is 1.65. The molecular formula is C20H22O5Se. The van der Waals surface area contributed by atoms with Crippen LogP contribution in [0.5, 0.6) is 0 Å². The zero-order chi connectivity index (χ0) is 17.9. The molecule has 26 heavy (non-hydrogen) atoms. The average Bonchev–Trinajstić information content (AvgIpc) is 2.71. The first-order valence-electron chi connectivity index (χ1n) is 8.66. The summed E-state index contributed by atoms with van der Waals surface area (Å²) in [7, 11) is 1.55. The van der Waals surface area contributed by atoms with Crippen molar-refractivity contribution in [3.05, 3.63) is 66.2 Å². The molecule has 0 unspecified atom stereocenters. The Labute approximate surface area is 159 Å². The third kappa shape index (κ3) is 3.73. The molecule has 2 saturated heterocycles. The predicted molar refractivity (Wildman–Crippen MR) is 97.3 cm³/mol. The Morgan fingerprint density at radius 2 is 1.69 bits per heavy atom. The summed E-state index contributed by atoms with van der Waals surface area (Å²) in [6.45, 7) is 0.415. The fourth-order valence-corrected chi connectivity index (χ4v) is 5.99. The summed E-state index contributed by atoms with van der Waals surface area (Å²) in [6.07, 6.45) is -2.33. The molecule has 0 bridgehead atoms. The maximum atomic E-state index is 10.8. The Morgan fingerprint density at radius 1 is 1.00 bits per heavy atom. The van der Waals surface area contributed by atoms with Gasteiger partial charge in [0.1, 0.15) is 0 Å². The molecule has 0 aliphatic carbocycles. The summed E-state index contributed by atoms with van der Waals surface area (Å²) < 4.78 is 24.6. The number of rotatable bonds is 4. The van der Waals surface area contributed by atoms with Crippen LogP contribution in [0.15, 0.2) is 60.7 Å². The summed E-state index contributed by atoms with van der Waals surface area (Å²) >= 11 is 0.0166. The van der Waals surface area contributed by atoms with Crippen molar-refractivity contribution in [3.8, 4) is 0 Å². The summed E-state index contributed by atoms with van der Waals surface area (Å²) in [5.74, 6) is 0. The summed E-state index contributed by atoms with van der Waals surface area (Å²) in [4.78, 5) is -0.0799. The number of hydrogen-bond donors (Lipinski definition) is 1. The van der Waals surface area contributed by atoms with E-state index in [1.54, 1.807) is 7.11 Å². The van der Waals surface area contributed by atoms with Gasteiger partial charge in [0.05, 0.1) is 0 Å². The quantitative estimate of drug-likeness (QED) is 0.762. The number of benzene rings is 2. The monoisotopic (exact) mass is 422 g/mol. The maximum absolute atomic E-state index is 10.8. The Bertz CT molecular complexity index is 698. The molecule has 6 heteroatoms. The van der Waals surface area contributed by atoms with E-state index < -0.39 is 18.7 Å². The van der Waals surface area contributed by atoms with E-state index in [4.69, 9.17) is 18.9 Å². The van der Waals surface area contributed by atoms with Gasteiger partial charge in [0, 0.05) is 0 Å². The van der Waals surface area contributed by atoms with E-state index >= 15 is 0 Å². The Balaban J connectivity index is 1.58. The van der Waals surface area contributed by atoms with Crippen LogP contribution in [0, 0.1) is 0 Å². The Hall–Kier alpha value is -1.24. The molecule has 2 aliphatic heterocycles. The number of aliphatic hydroxyl groups is 1. The molecule has 0 radical (unpaired) electrons. The van der Waals surface area contributed by atoms with Gasteiger partial charge in [0.25, 0.3) is 0 Å². The van der Waals surface area contributed by atoms with Crippen LogP contribution >= 0.6 is 0 Å². The van der Waals surface area contributed by atoms with Crippen LogP contribution < -0.4 is 4.46 Å². The number of methoxy groups -OCH3 is 1. The first kappa shape index (κ1) is 18.1. The van der Waals surface area contributed by atoms with Crippen LogP contribution in [0.2, 0.25) is 4.82 Å². The van der Waals surface area contributed by atoms with Crippen LogP contribution in [0.3, 0.4) is 0 Å². The molecule has 0 aromatic heterocycles. The van der Waals surface area contributed by atoms with Crippen molar-refractivity contribution >= 4 is 19.4 Å². The van der Waals surface area contributed by atoms with Gasteiger partial charge < -0.3 is 0 Å². The van der Waals surface area contributed by atoms with Gasteiger partial charge in [-0.25, -0.2) is 0 Å². The van der Waals surface area contributed by atoms with Crippen molar-refractivity contribution in [2.45, 2.75) is 35.7 Å². The van der Waals surface area contributed by atoms with Crippen molar-refractivity contribution in [2.75, 3.05) is 13.7 Å². The van der Waals surface area contributed by atoms with Gasteiger partial charge in [0.15, 0.2) is 0 Å². The first-order valence-corrected chi connectivity index (χ1v) is 10.5. The standard InChI is InChI=1S/C20H22O5Se/c1-22-20-16(21)18(26-14-10-6-3-7-11-14)17-15(24-20)12-23-19(25-17)13-8-4-2-5-9-13/h2-11,15-21H,12H2,1H3/t15-,16-,17-,18+,19-,20-/m1/s1. The normalized spacial score (nSPS) is 34.2. The third-order valence-corrected chi connectivity index (χ3v) is 7.49. The molecule has 1 N–H and O–H groups in total. The van der Waals surface area contributed by atoms with E-state index in [2.05, 4.69) is 12.1 Å². The van der Waals surface area contributed by atoms with Gasteiger partial charge in [-0.2, -0.15) is 0 Å². The molecule has 2 aliphatic rings. The average molecular weight is 421 g/mol. The minimum atomic E-state index is -0.740. The molecule has 2 fully saturated rings. The van der Waals surface area contributed by atoms with Crippen molar-refractivity contribution in [3.63, 3.8) is 0 Å². The summed E-state index contributed by atoms with van der Waals surface area (Å²) in [5.41, 5.74) is 0.972. The topological polar surface area (TPSA) is 57.2 Å². The van der Waals surface area contributed by atoms with E-state index in [-0.39, 0.29) is 32.0 Å². The van der Waals surface area contributed by atoms with E-state index in [9.17, 15) is 5.11 Å². The second-order valence-corrected chi connectivity index (χ2v) is 8.97. The molecule has 2 aromatic rings. The molecule has 0 spiro atoms.